The molecule has 0 saturated carbocycles. The minimum absolute atomic E-state index is 0.745. The van der Waals surface area contributed by atoms with Crippen molar-refractivity contribution in [3.63, 3.8) is 0 Å². The average Bonchev–Trinajstić information content (AvgIpc) is 3.42. The molecule has 1 aliphatic heterocycles. The number of anilines is 2. The zero-order valence-electron chi connectivity index (χ0n) is 16.3. The quantitative estimate of drug-likeness (QED) is 0.594. The molecule has 1 N–H and O–H groups in total. The minimum atomic E-state index is 0.745. The smallest absolute Gasteiger partial charge is 0.218 e. The van der Waals surface area contributed by atoms with Gasteiger partial charge in [-0.2, -0.15) is 0 Å². The number of piperazine rings is 1. The third kappa shape index (κ3) is 4.34. The zero-order valence-corrected chi connectivity index (χ0v) is 18.0. The Kier molecular flexibility index (Phi) is 6.19. The molecule has 148 valence electrons. The van der Waals surface area contributed by atoms with Crippen molar-refractivity contribution in [1.29, 1.82) is 0 Å². The molecular formula is C20H26N6S2. The normalized spacial score (nSPS) is 15.1. The third-order valence-electron chi connectivity index (χ3n) is 5.08. The van der Waals surface area contributed by atoms with Crippen LogP contribution in [-0.2, 0) is 6.54 Å². The molecule has 4 rings (SSSR count). The summed E-state index contributed by atoms with van der Waals surface area (Å²) in [5, 5.41) is 14.4. The Bertz CT molecular complexity index is 898. The van der Waals surface area contributed by atoms with Gasteiger partial charge in [-0.1, -0.05) is 24.3 Å². The summed E-state index contributed by atoms with van der Waals surface area (Å²) >= 11 is 3.42. The van der Waals surface area contributed by atoms with Gasteiger partial charge in [0.15, 0.2) is 0 Å². The van der Waals surface area contributed by atoms with Gasteiger partial charge in [0, 0.05) is 48.7 Å². The van der Waals surface area contributed by atoms with Crippen LogP contribution in [0.4, 0.5) is 10.8 Å². The van der Waals surface area contributed by atoms with Crippen molar-refractivity contribution < 1.29 is 0 Å². The fourth-order valence-corrected chi connectivity index (χ4v) is 4.74. The number of thioether (sulfide) groups is 1. The molecule has 6 nitrogen and oxygen atoms in total. The van der Waals surface area contributed by atoms with Crippen LogP contribution in [0.15, 0.2) is 47.5 Å². The summed E-state index contributed by atoms with van der Waals surface area (Å²) in [5.41, 5.74) is 2.31. The topological polar surface area (TPSA) is 49.2 Å². The highest BCUT2D eigenvalue weighted by Gasteiger charge is 2.20. The van der Waals surface area contributed by atoms with E-state index in [0.717, 1.165) is 55.2 Å². The van der Waals surface area contributed by atoms with E-state index in [-0.39, 0.29) is 0 Å². The molecule has 1 aliphatic rings. The molecule has 0 bridgehead atoms. The lowest BCUT2D eigenvalue weighted by Crippen LogP contribution is -2.46. The fourth-order valence-electron chi connectivity index (χ4n) is 3.36. The third-order valence-corrected chi connectivity index (χ3v) is 6.79. The van der Waals surface area contributed by atoms with E-state index >= 15 is 0 Å². The maximum absolute atomic E-state index is 4.46. The standard InChI is InChI=1S/C20H26N6S2/c1-3-24-10-12-25(13-11-24)19-22-23-20(28-19)26-9-5-7-17(26)15-21-16-6-4-8-18(14-16)27-2/h4-9,14,21H,3,10-13,15H2,1-2H3. The van der Waals surface area contributed by atoms with Crippen molar-refractivity contribution in [2.75, 3.05) is 49.2 Å². The van der Waals surface area contributed by atoms with Crippen LogP contribution in [0, 0.1) is 0 Å². The second-order valence-electron chi connectivity index (χ2n) is 6.74. The van der Waals surface area contributed by atoms with Crippen molar-refractivity contribution in [2.45, 2.75) is 18.4 Å². The predicted octanol–water partition coefficient (Wildman–Crippen LogP) is 3.80. The van der Waals surface area contributed by atoms with Gasteiger partial charge >= 0.3 is 0 Å². The summed E-state index contributed by atoms with van der Waals surface area (Å²) in [7, 11) is 0. The van der Waals surface area contributed by atoms with Crippen LogP contribution in [0.3, 0.4) is 0 Å². The lowest BCUT2D eigenvalue weighted by molar-refractivity contribution is 0.271. The largest absolute Gasteiger partial charge is 0.379 e. The summed E-state index contributed by atoms with van der Waals surface area (Å²) in [6.45, 7) is 8.32. The van der Waals surface area contributed by atoms with Crippen LogP contribution in [-0.4, -0.2) is 58.6 Å². The number of rotatable bonds is 7. The molecule has 1 saturated heterocycles. The molecule has 0 spiro atoms. The molecule has 0 unspecified atom stereocenters. The Morgan fingerprint density at radius 1 is 1.07 bits per heavy atom. The zero-order chi connectivity index (χ0) is 19.3. The van der Waals surface area contributed by atoms with Gasteiger partial charge in [0.25, 0.3) is 0 Å². The Balaban J connectivity index is 1.43. The summed E-state index contributed by atoms with van der Waals surface area (Å²) in [6, 6.07) is 12.7. The van der Waals surface area contributed by atoms with E-state index in [0.29, 0.717) is 0 Å². The van der Waals surface area contributed by atoms with Crippen molar-refractivity contribution in [1.82, 2.24) is 19.7 Å². The van der Waals surface area contributed by atoms with Crippen molar-refractivity contribution in [2.24, 2.45) is 0 Å². The maximum atomic E-state index is 4.46. The van der Waals surface area contributed by atoms with Crippen LogP contribution in [0.5, 0.6) is 0 Å². The van der Waals surface area contributed by atoms with Gasteiger partial charge in [-0.15, -0.1) is 22.0 Å². The maximum Gasteiger partial charge on any atom is 0.218 e. The van der Waals surface area contributed by atoms with E-state index in [1.54, 1.807) is 23.1 Å². The van der Waals surface area contributed by atoms with E-state index in [4.69, 9.17) is 0 Å². The van der Waals surface area contributed by atoms with Crippen molar-refractivity contribution in [3.05, 3.63) is 48.3 Å². The first-order chi connectivity index (χ1) is 13.8. The fraction of sp³-hybridized carbons (Fsp3) is 0.400. The van der Waals surface area contributed by atoms with Gasteiger partial charge in [-0.3, -0.25) is 4.57 Å². The number of hydrogen-bond acceptors (Lipinski definition) is 7. The monoisotopic (exact) mass is 414 g/mol. The van der Waals surface area contributed by atoms with Gasteiger partial charge in [0.2, 0.25) is 10.3 Å². The first-order valence-electron chi connectivity index (χ1n) is 9.62. The summed E-state index contributed by atoms with van der Waals surface area (Å²) in [4.78, 5) is 6.08. The molecule has 1 fully saturated rings. The Morgan fingerprint density at radius 3 is 2.68 bits per heavy atom. The van der Waals surface area contributed by atoms with Gasteiger partial charge < -0.3 is 15.1 Å². The number of aromatic nitrogens is 3. The molecule has 0 atom stereocenters. The number of benzene rings is 1. The molecule has 3 heterocycles. The highest BCUT2D eigenvalue weighted by atomic mass is 32.2. The van der Waals surface area contributed by atoms with Crippen LogP contribution in [0.25, 0.3) is 5.13 Å². The lowest BCUT2D eigenvalue weighted by atomic mass is 10.3. The second-order valence-corrected chi connectivity index (χ2v) is 8.56. The molecule has 0 aliphatic carbocycles. The number of nitrogens with one attached hydrogen (secondary N) is 1. The van der Waals surface area contributed by atoms with Crippen LogP contribution < -0.4 is 10.2 Å². The number of nitrogens with zero attached hydrogens (tertiary/aromatic N) is 5. The number of hydrogen-bond donors (Lipinski definition) is 1. The van der Waals surface area contributed by atoms with Gasteiger partial charge in [-0.05, 0) is 43.1 Å². The highest BCUT2D eigenvalue weighted by molar-refractivity contribution is 7.98. The molecular weight excluding hydrogens is 388 g/mol. The summed E-state index contributed by atoms with van der Waals surface area (Å²) in [5.74, 6) is 0. The summed E-state index contributed by atoms with van der Waals surface area (Å²) in [6.07, 6.45) is 4.16. The molecule has 8 heteroatoms. The second kappa shape index (κ2) is 8.98. The first kappa shape index (κ1) is 19.3. The molecule has 3 aromatic rings. The van der Waals surface area contributed by atoms with Crippen LogP contribution >= 0.6 is 23.1 Å². The Hall–Kier alpha value is -2.03. The van der Waals surface area contributed by atoms with E-state index in [9.17, 15) is 0 Å². The van der Waals surface area contributed by atoms with Gasteiger partial charge in [0.1, 0.15) is 0 Å². The van der Waals surface area contributed by atoms with Crippen LogP contribution in [0.1, 0.15) is 12.6 Å². The van der Waals surface area contributed by atoms with E-state index < -0.39 is 0 Å². The predicted molar refractivity (Wildman–Crippen MR) is 119 cm³/mol. The van der Waals surface area contributed by atoms with Crippen LogP contribution in [0.2, 0.25) is 0 Å². The van der Waals surface area contributed by atoms with Gasteiger partial charge in [-0.25, -0.2) is 0 Å². The van der Waals surface area contributed by atoms with E-state index in [1.165, 1.54) is 10.6 Å². The molecule has 1 aromatic carbocycles. The molecule has 28 heavy (non-hydrogen) atoms. The average molecular weight is 415 g/mol. The molecule has 0 radical (unpaired) electrons. The van der Waals surface area contributed by atoms with Crippen molar-refractivity contribution >= 4 is 33.9 Å². The van der Waals surface area contributed by atoms with E-state index in [2.05, 4.69) is 85.7 Å². The Morgan fingerprint density at radius 2 is 1.89 bits per heavy atom. The Labute approximate surface area is 174 Å². The first-order valence-corrected chi connectivity index (χ1v) is 11.7. The van der Waals surface area contributed by atoms with E-state index in [1.807, 2.05) is 0 Å². The van der Waals surface area contributed by atoms with Crippen molar-refractivity contribution in [3.8, 4) is 5.13 Å². The SMILES string of the molecule is CCN1CCN(c2nnc(-n3cccc3CNc3cccc(SC)c3)s2)CC1. The molecule has 2 aromatic heterocycles. The lowest BCUT2D eigenvalue weighted by Gasteiger charge is -2.33. The highest BCUT2D eigenvalue weighted by Crippen LogP contribution is 2.26. The number of likely N-dealkylation sites (N-methyl/N-ethyl adjacent to an activating group) is 1. The van der Waals surface area contributed by atoms with Gasteiger partial charge in [0.05, 0.1) is 6.54 Å². The molecule has 0 amide bonds. The summed E-state index contributed by atoms with van der Waals surface area (Å²) < 4.78 is 2.13. The minimum Gasteiger partial charge on any atom is -0.379 e.